The first-order valence-electron chi connectivity index (χ1n) is 7.88. The molecular formula is C15H20N4O4S. The summed E-state index contributed by atoms with van der Waals surface area (Å²) in [4.78, 5) is 38.2. The monoisotopic (exact) mass is 352 g/mol. The summed E-state index contributed by atoms with van der Waals surface area (Å²) in [6, 6.07) is 0. The second-order valence-corrected chi connectivity index (χ2v) is 8.07. The smallest absolute Gasteiger partial charge is 0.332 e. The Morgan fingerprint density at radius 1 is 1.29 bits per heavy atom. The largest absolute Gasteiger partial charge is 0.464 e. The topological polar surface area (TPSA) is 101 Å². The van der Waals surface area contributed by atoms with Crippen molar-refractivity contribution in [3.63, 3.8) is 0 Å². The van der Waals surface area contributed by atoms with Crippen LogP contribution in [0, 0.1) is 0 Å². The van der Waals surface area contributed by atoms with Crippen molar-refractivity contribution in [3.05, 3.63) is 5.01 Å². The Morgan fingerprint density at radius 3 is 2.62 bits per heavy atom. The zero-order valence-corrected chi connectivity index (χ0v) is 14.7. The van der Waals surface area contributed by atoms with Gasteiger partial charge in [-0.1, -0.05) is 32.1 Å². The number of amides is 2. The molecule has 2 fully saturated rings. The SMILES string of the molecule is CC(C)(C)c1nnc(NC(=O)C(=O)N2CCCC23CCOC3=O)s1. The van der Waals surface area contributed by atoms with E-state index >= 15 is 0 Å². The molecule has 1 unspecified atom stereocenters. The van der Waals surface area contributed by atoms with E-state index in [0.29, 0.717) is 25.8 Å². The second-order valence-electron chi connectivity index (χ2n) is 7.09. The molecule has 0 aliphatic carbocycles. The van der Waals surface area contributed by atoms with Crippen LogP contribution in [0.4, 0.5) is 5.13 Å². The lowest BCUT2D eigenvalue weighted by molar-refractivity contribution is -0.155. The molecular weight excluding hydrogens is 332 g/mol. The van der Waals surface area contributed by atoms with Gasteiger partial charge in [0.1, 0.15) is 10.5 Å². The summed E-state index contributed by atoms with van der Waals surface area (Å²) in [7, 11) is 0. The van der Waals surface area contributed by atoms with E-state index in [1.807, 2.05) is 20.8 Å². The van der Waals surface area contributed by atoms with Crippen LogP contribution in [0.2, 0.25) is 0 Å². The lowest BCUT2D eigenvalue weighted by atomic mass is 9.94. The van der Waals surface area contributed by atoms with Gasteiger partial charge in [0.25, 0.3) is 0 Å². The van der Waals surface area contributed by atoms with Crippen molar-refractivity contribution in [1.82, 2.24) is 15.1 Å². The molecule has 0 radical (unpaired) electrons. The Kier molecular flexibility index (Phi) is 4.06. The van der Waals surface area contributed by atoms with Crippen LogP contribution >= 0.6 is 11.3 Å². The highest BCUT2D eigenvalue weighted by Crippen LogP contribution is 2.37. The van der Waals surface area contributed by atoms with E-state index in [4.69, 9.17) is 4.74 Å². The number of nitrogens with one attached hydrogen (secondary N) is 1. The van der Waals surface area contributed by atoms with Gasteiger partial charge in [-0.25, -0.2) is 4.79 Å². The van der Waals surface area contributed by atoms with Crippen LogP contribution in [0.3, 0.4) is 0 Å². The number of likely N-dealkylation sites (tertiary alicyclic amines) is 1. The highest BCUT2D eigenvalue weighted by Gasteiger charge is 2.54. The second kappa shape index (κ2) is 5.80. The molecule has 2 amide bonds. The molecule has 1 N–H and O–H groups in total. The molecule has 8 nitrogen and oxygen atoms in total. The molecule has 1 spiro atoms. The number of nitrogens with zero attached hydrogens (tertiary/aromatic N) is 3. The number of cyclic esters (lactones) is 1. The quantitative estimate of drug-likeness (QED) is 0.599. The van der Waals surface area contributed by atoms with E-state index in [2.05, 4.69) is 15.5 Å². The number of carbonyl (C=O) groups is 3. The van der Waals surface area contributed by atoms with Gasteiger partial charge in [-0.05, 0) is 12.8 Å². The molecule has 2 aliphatic rings. The number of aromatic nitrogens is 2. The van der Waals surface area contributed by atoms with E-state index in [0.717, 1.165) is 5.01 Å². The maximum absolute atomic E-state index is 12.5. The summed E-state index contributed by atoms with van der Waals surface area (Å²) in [5.41, 5.74) is -1.15. The minimum absolute atomic E-state index is 0.183. The van der Waals surface area contributed by atoms with Crippen LogP contribution in [0.5, 0.6) is 0 Å². The molecule has 3 heterocycles. The fourth-order valence-electron chi connectivity index (χ4n) is 3.05. The highest BCUT2D eigenvalue weighted by molar-refractivity contribution is 7.15. The third kappa shape index (κ3) is 2.77. The van der Waals surface area contributed by atoms with Gasteiger partial charge in [0.2, 0.25) is 5.13 Å². The van der Waals surface area contributed by atoms with Crippen LogP contribution in [0.15, 0.2) is 0 Å². The molecule has 0 bridgehead atoms. The first-order chi connectivity index (χ1) is 11.2. The average molecular weight is 352 g/mol. The molecule has 24 heavy (non-hydrogen) atoms. The van der Waals surface area contributed by atoms with Gasteiger partial charge in [0.05, 0.1) is 6.61 Å². The molecule has 3 rings (SSSR count). The van der Waals surface area contributed by atoms with Crippen molar-refractivity contribution in [2.75, 3.05) is 18.5 Å². The van der Waals surface area contributed by atoms with Gasteiger partial charge in [0, 0.05) is 18.4 Å². The molecule has 0 saturated carbocycles. The van der Waals surface area contributed by atoms with Crippen LogP contribution in [0.25, 0.3) is 0 Å². The third-order valence-corrected chi connectivity index (χ3v) is 5.61. The highest BCUT2D eigenvalue weighted by atomic mass is 32.1. The zero-order chi connectivity index (χ0) is 17.5. The molecule has 1 atom stereocenters. The lowest BCUT2D eigenvalue weighted by Gasteiger charge is -2.30. The van der Waals surface area contributed by atoms with Gasteiger partial charge in [-0.15, -0.1) is 10.2 Å². The van der Waals surface area contributed by atoms with Gasteiger partial charge in [-0.3, -0.25) is 14.9 Å². The Bertz CT molecular complexity index is 692. The number of hydrogen-bond acceptors (Lipinski definition) is 7. The zero-order valence-electron chi connectivity index (χ0n) is 13.9. The predicted octanol–water partition coefficient (Wildman–Crippen LogP) is 1.08. The standard InChI is InChI=1S/C15H20N4O4S/c1-14(2,3)11-17-18-13(24-11)16-9(20)10(21)19-7-4-5-15(19)6-8-23-12(15)22/h4-8H2,1-3H3,(H,16,18,20). The normalized spacial score (nSPS) is 23.6. The van der Waals surface area contributed by atoms with Crippen LogP contribution in [0.1, 0.15) is 45.0 Å². The van der Waals surface area contributed by atoms with E-state index < -0.39 is 23.3 Å². The van der Waals surface area contributed by atoms with Crippen molar-refractivity contribution in [2.45, 2.75) is 51.0 Å². The Hall–Kier alpha value is -2.03. The number of anilines is 1. The van der Waals surface area contributed by atoms with Crippen LogP contribution in [-0.2, 0) is 24.5 Å². The maximum Gasteiger partial charge on any atom is 0.332 e. The van der Waals surface area contributed by atoms with E-state index in [-0.39, 0.29) is 17.2 Å². The van der Waals surface area contributed by atoms with Gasteiger partial charge in [-0.2, -0.15) is 0 Å². The van der Waals surface area contributed by atoms with Crippen molar-refractivity contribution in [2.24, 2.45) is 0 Å². The summed E-state index contributed by atoms with van der Waals surface area (Å²) in [5.74, 6) is -1.93. The first kappa shape index (κ1) is 16.8. The van der Waals surface area contributed by atoms with Crippen molar-refractivity contribution in [3.8, 4) is 0 Å². The number of carbonyl (C=O) groups excluding carboxylic acids is 3. The van der Waals surface area contributed by atoms with Crippen LogP contribution in [-0.4, -0.2) is 51.6 Å². The summed E-state index contributed by atoms with van der Waals surface area (Å²) in [5, 5.41) is 11.5. The van der Waals surface area contributed by atoms with E-state index in [1.165, 1.54) is 16.2 Å². The van der Waals surface area contributed by atoms with Crippen molar-refractivity contribution in [1.29, 1.82) is 0 Å². The number of rotatable bonds is 1. The number of esters is 1. The summed E-state index contributed by atoms with van der Waals surface area (Å²) >= 11 is 1.24. The average Bonchev–Trinajstić information content (AvgIpc) is 3.20. The van der Waals surface area contributed by atoms with Gasteiger partial charge >= 0.3 is 17.8 Å². The fraction of sp³-hybridized carbons (Fsp3) is 0.667. The molecule has 130 valence electrons. The predicted molar refractivity (Wildman–Crippen MR) is 86.5 cm³/mol. The Balaban J connectivity index is 1.72. The molecule has 1 aromatic heterocycles. The molecule has 2 aliphatic heterocycles. The molecule has 9 heteroatoms. The summed E-state index contributed by atoms with van der Waals surface area (Å²) in [6.07, 6.45) is 1.66. The fourth-order valence-corrected chi connectivity index (χ4v) is 3.84. The van der Waals surface area contributed by atoms with Crippen molar-refractivity contribution < 1.29 is 19.1 Å². The minimum Gasteiger partial charge on any atom is -0.464 e. The van der Waals surface area contributed by atoms with Crippen molar-refractivity contribution >= 4 is 34.3 Å². The van der Waals surface area contributed by atoms with Crippen LogP contribution < -0.4 is 5.32 Å². The lowest BCUT2D eigenvalue weighted by Crippen LogP contribution is -2.53. The molecule has 1 aromatic rings. The minimum atomic E-state index is -0.966. The third-order valence-electron chi connectivity index (χ3n) is 4.34. The number of ether oxygens (including phenoxy) is 1. The Morgan fingerprint density at radius 2 is 2.04 bits per heavy atom. The maximum atomic E-state index is 12.5. The van der Waals surface area contributed by atoms with Gasteiger partial charge < -0.3 is 9.64 Å². The molecule has 2 saturated heterocycles. The number of hydrogen-bond donors (Lipinski definition) is 1. The first-order valence-corrected chi connectivity index (χ1v) is 8.70. The summed E-state index contributed by atoms with van der Waals surface area (Å²) < 4.78 is 5.03. The summed E-state index contributed by atoms with van der Waals surface area (Å²) in [6.45, 7) is 6.64. The van der Waals surface area contributed by atoms with Gasteiger partial charge in [0.15, 0.2) is 0 Å². The van der Waals surface area contributed by atoms with E-state index in [1.54, 1.807) is 0 Å². The Labute approximate surface area is 143 Å². The molecule has 0 aromatic carbocycles. The van der Waals surface area contributed by atoms with E-state index in [9.17, 15) is 14.4 Å².